The third-order valence-electron chi connectivity index (χ3n) is 9.23. The summed E-state index contributed by atoms with van der Waals surface area (Å²) in [6, 6.07) is 36.9. The highest BCUT2D eigenvalue weighted by molar-refractivity contribution is 6.12. The number of pyridine rings is 1. The molecular formula is C40H39N5O. The summed E-state index contributed by atoms with van der Waals surface area (Å²) >= 11 is 0. The highest BCUT2D eigenvalue weighted by Gasteiger charge is 2.44. The van der Waals surface area contributed by atoms with Crippen LogP contribution in [0.2, 0.25) is 0 Å². The Labute approximate surface area is 271 Å². The van der Waals surface area contributed by atoms with Crippen LogP contribution in [-0.2, 0) is 0 Å². The lowest BCUT2D eigenvalue weighted by Crippen LogP contribution is -2.32. The van der Waals surface area contributed by atoms with E-state index in [-0.39, 0.29) is 17.9 Å². The number of hydrogen-bond donors (Lipinski definition) is 0. The molecule has 7 rings (SSSR count). The van der Waals surface area contributed by atoms with Crippen LogP contribution in [0.25, 0.3) is 28.2 Å². The van der Waals surface area contributed by atoms with Gasteiger partial charge < -0.3 is 9.80 Å². The molecule has 0 radical (unpaired) electrons. The molecule has 0 N–H and O–H groups in total. The van der Waals surface area contributed by atoms with Gasteiger partial charge in [0.15, 0.2) is 0 Å². The number of para-hydroxylation sites is 1. The summed E-state index contributed by atoms with van der Waals surface area (Å²) in [6.45, 7) is 0. The standard InChI is InChI=1S/C40H39N5O/c1-43(2)31-21-17-27(18-22-31)25-30-13-10-15-34-38(30)42-45(39(34)29-19-23-32(24-20-29)44(3)4)40(46)35-26-37(28-11-6-5-7-12-28)41-36-16-9-8-14-33(35)36/h5-9,11-12,14,16-26,34,39H,10,13,15H2,1-4H3/b30-25+/t34-,39+/m0/s1. The number of fused-ring (bicyclic) bond motifs is 2. The van der Waals surface area contributed by atoms with Crippen molar-refractivity contribution in [2.45, 2.75) is 25.3 Å². The van der Waals surface area contributed by atoms with Crippen molar-refractivity contribution in [1.82, 2.24) is 9.99 Å². The van der Waals surface area contributed by atoms with Crippen molar-refractivity contribution in [3.8, 4) is 11.3 Å². The zero-order chi connectivity index (χ0) is 31.8. The van der Waals surface area contributed by atoms with Crippen molar-refractivity contribution in [2.75, 3.05) is 38.0 Å². The van der Waals surface area contributed by atoms with Crippen LogP contribution in [0, 0.1) is 5.92 Å². The minimum Gasteiger partial charge on any atom is -0.378 e. The smallest absolute Gasteiger partial charge is 0.275 e. The van der Waals surface area contributed by atoms with E-state index in [4.69, 9.17) is 10.1 Å². The van der Waals surface area contributed by atoms with E-state index in [1.165, 1.54) is 11.3 Å². The number of allylic oxidation sites excluding steroid dienone is 1. The van der Waals surface area contributed by atoms with Crippen LogP contribution in [0.15, 0.2) is 120 Å². The van der Waals surface area contributed by atoms with Gasteiger partial charge in [0, 0.05) is 56.4 Å². The van der Waals surface area contributed by atoms with E-state index in [1.54, 1.807) is 5.01 Å². The SMILES string of the molecule is CN(C)c1ccc(/C=C2\CCC[C@H]3C2=NN(C(=O)c2cc(-c4ccccc4)nc4ccccc24)[C@@H]3c2ccc(N(C)C)cc2)cc1. The fourth-order valence-electron chi connectivity index (χ4n) is 6.77. The molecule has 1 amide bonds. The summed E-state index contributed by atoms with van der Waals surface area (Å²) in [7, 11) is 8.20. The number of aromatic nitrogens is 1. The summed E-state index contributed by atoms with van der Waals surface area (Å²) in [6.07, 6.45) is 5.23. The first-order valence-corrected chi connectivity index (χ1v) is 16.0. The first-order chi connectivity index (χ1) is 22.4. The van der Waals surface area contributed by atoms with Crippen LogP contribution >= 0.6 is 0 Å². The average Bonchev–Trinajstić information content (AvgIpc) is 3.49. The Morgan fingerprint density at radius 2 is 1.46 bits per heavy atom. The second kappa shape index (κ2) is 12.3. The first kappa shape index (κ1) is 29.5. The summed E-state index contributed by atoms with van der Waals surface area (Å²) in [5.41, 5.74) is 9.94. The van der Waals surface area contributed by atoms with E-state index in [2.05, 4.69) is 78.5 Å². The molecule has 230 valence electrons. The number of amides is 1. The highest BCUT2D eigenvalue weighted by Crippen LogP contribution is 2.45. The van der Waals surface area contributed by atoms with Gasteiger partial charge in [-0.1, -0.05) is 72.8 Å². The molecule has 5 aromatic rings. The number of carbonyl (C=O) groups is 1. The number of rotatable bonds is 6. The van der Waals surface area contributed by atoms with Gasteiger partial charge in [-0.3, -0.25) is 4.79 Å². The van der Waals surface area contributed by atoms with Crippen LogP contribution in [0.1, 0.15) is 46.8 Å². The lowest BCUT2D eigenvalue weighted by Gasteiger charge is -2.30. The molecule has 1 fully saturated rings. The molecule has 0 spiro atoms. The van der Waals surface area contributed by atoms with E-state index in [0.29, 0.717) is 5.56 Å². The summed E-state index contributed by atoms with van der Waals surface area (Å²) in [4.78, 5) is 24.0. The van der Waals surface area contributed by atoms with E-state index < -0.39 is 0 Å². The van der Waals surface area contributed by atoms with Gasteiger partial charge in [-0.25, -0.2) is 9.99 Å². The molecule has 1 aromatic heterocycles. The van der Waals surface area contributed by atoms with Crippen LogP contribution < -0.4 is 9.80 Å². The van der Waals surface area contributed by atoms with Crippen LogP contribution in [0.5, 0.6) is 0 Å². The second-order valence-electron chi connectivity index (χ2n) is 12.7. The molecule has 0 unspecified atom stereocenters. The molecule has 46 heavy (non-hydrogen) atoms. The maximum absolute atomic E-state index is 14.9. The lowest BCUT2D eigenvalue weighted by atomic mass is 9.77. The molecule has 1 saturated carbocycles. The topological polar surface area (TPSA) is 52.0 Å². The van der Waals surface area contributed by atoms with Crippen molar-refractivity contribution in [2.24, 2.45) is 11.0 Å². The van der Waals surface area contributed by atoms with E-state index in [1.807, 2.05) is 74.8 Å². The largest absolute Gasteiger partial charge is 0.378 e. The number of hydrogen-bond acceptors (Lipinski definition) is 5. The third-order valence-corrected chi connectivity index (χ3v) is 9.23. The number of carbonyl (C=O) groups excluding carboxylic acids is 1. The minimum atomic E-state index is -0.203. The Balaban J connectivity index is 1.35. The third kappa shape index (κ3) is 5.56. The Hall–Kier alpha value is -5.23. The number of benzene rings is 4. The molecule has 0 bridgehead atoms. The van der Waals surface area contributed by atoms with Crippen LogP contribution in [0.3, 0.4) is 0 Å². The van der Waals surface area contributed by atoms with Crippen molar-refractivity contribution >= 4 is 40.0 Å². The quantitative estimate of drug-likeness (QED) is 0.195. The molecule has 2 atom stereocenters. The van der Waals surface area contributed by atoms with Crippen molar-refractivity contribution in [1.29, 1.82) is 0 Å². The Bertz CT molecular complexity index is 1940. The Morgan fingerprint density at radius 1 is 0.804 bits per heavy atom. The maximum atomic E-state index is 14.9. The molecule has 2 heterocycles. The summed E-state index contributed by atoms with van der Waals surface area (Å²) in [5, 5.41) is 7.83. The summed E-state index contributed by atoms with van der Waals surface area (Å²) < 4.78 is 0. The van der Waals surface area contributed by atoms with Crippen LogP contribution in [0.4, 0.5) is 11.4 Å². The molecule has 0 saturated heterocycles. The molecule has 6 heteroatoms. The van der Waals surface area contributed by atoms with Gasteiger partial charge in [-0.15, -0.1) is 0 Å². The van der Waals surface area contributed by atoms with Gasteiger partial charge >= 0.3 is 0 Å². The fraction of sp³-hybridized carbons (Fsp3) is 0.225. The van der Waals surface area contributed by atoms with E-state index in [0.717, 1.165) is 63.9 Å². The van der Waals surface area contributed by atoms with Gasteiger partial charge in [0.1, 0.15) is 0 Å². The number of hydrazone groups is 1. The fourth-order valence-corrected chi connectivity index (χ4v) is 6.77. The van der Waals surface area contributed by atoms with Gasteiger partial charge in [-0.2, -0.15) is 5.10 Å². The first-order valence-electron chi connectivity index (χ1n) is 16.0. The predicted molar refractivity (Wildman–Crippen MR) is 190 cm³/mol. The van der Waals surface area contributed by atoms with Gasteiger partial charge in [0.05, 0.1) is 28.5 Å². The zero-order valence-corrected chi connectivity index (χ0v) is 26.9. The summed E-state index contributed by atoms with van der Waals surface area (Å²) in [5.74, 6) is 0.00551. The molecule has 2 aliphatic rings. The molecule has 1 aliphatic carbocycles. The van der Waals surface area contributed by atoms with E-state index >= 15 is 0 Å². The lowest BCUT2D eigenvalue weighted by molar-refractivity contribution is 0.0683. The average molecular weight is 606 g/mol. The number of anilines is 2. The monoisotopic (exact) mass is 605 g/mol. The maximum Gasteiger partial charge on any atom is 0.275 e. The van der Waals surface area contributed by atoms with Crippen molar-refractivity contribution in [3.05, 3.63) is 131 Å². The Morgan fingerprint density at radius 3 is 2.15 bits per heavy atom. The Kier molecular flexibility index (Phi) is 7.87. The molecular weight excluding hydrogens is 566 g/mol. The normalized spacial score (nSPS) is 18.4. The van der Waals surface area contributed by atoms with Crippen molar-refractivity contribution < 1.29 is 4.79 Å². The molecule has 1 aliphatic heterocycles. The highest BCUT2D eigenvalue weighted by atomic mass is 16.2. The van der Waals surface area contributed by atoms with Gasteiger partial charge in [-0.05, 0) is 78.4 Å². The van der Waals surface area contributed by atoms with E-state index in [9.17, 15) is 4.79 Å². The molecule has 4 aromatic carbocycles. The predicted octanol–water partition coefficient (Wildman–Crippen LogP) is 8.47. The zero-order valence-electron chi connectivity index (χ0n) is 26.9. The molecule has 6 nitrogen and oxygen atoms in total. The van der Waals surface area contributed by atoms with Gasteiger partial charge in [0.2, 0.25) is 0 Å². The number of nitrogens with zero attached hydrogens (tertiary/aromatic N) is 5. The van der Waals surface area contributed by atoms with Crippen molar-refractivity contribution in [3.63, 3.8) is 0 Å². The van der Waals surface area contributed by atoms with Crippen LogP contribution in [-0.4, -0.2) is 49.8 Å². The minimum absolute atomic E-state index is 0.103. The second-order valence-corrected chi connectivity index (χ2v) is 12.7. The van der Waals surface area contributed by atoms with Gasteiger partial charge in [0.25, 0.3) is 5.91 Å².